The summed E-state index contributed by atoms with van der Waals surface area (Å²) >= 11 is 0. The zero-order chi connectivity index (χ0) is 14.4. The number of piperazine rings is 1. The highest BCUT2D eigenvalue weighted by Gasteiger charge is 2.19. The molecule has 1 N–H and O–H groups in total. The number of anilines is 1. The molecule has 0 bridgehead atoms. The third kappa shape index (κ3) is 3.87. The fourth-order valence-corrected chi connectivity index (χ4v) is 2.40. The van der Waals surface area contributed by atoms with E-state index >= 15 is 0 Å². The summed E-state index contributed by atoms with van der Waals surface area (Å²) in [6.45, 7) is 8.62. The smallest absolute Gasteiger partial charge is 0.142 e. The van der Waals surface area contributed by atoms with E-state index in [4.69, 9.17) is 9.94 Å². The normalized spacial score (nSPS) is 17.1. The molecule has 1 aromatic rings. The van der Waals surface area contributed by atoms with Gasteiger partial charge in [-0.1, -0.05) is 12.1 Å². The van der Waals surface area contributed by atoms with Crippen molar-refractivity contribution in [2.24, 2.45) is 5.16 Å². The quantitative estimate of drug-likeness (QED) is 0.508. The largest absolute Gasteiger partial charge is 0.489 e. The van der Waals surface area contributed by atoms with Gasteiger partial charge in [0.1, 0.15) is 5.75 Å². The van der Waals surface area contributed by atoms with Crippen LogP contribution in [0, 0.1) is 0 Å². The highest BCUT2D eigenvalue weighted by molar-refractivity contribution is 5.60. The first kappa shape index (κ1) is 14.7. The molecule has 0 saturated carbocycles. The lowest BCUT2D eigenvalue weighted by molar-refractivity contribution is 0.240. The van der Waals surface area contributed by atoms with Gasteiger partial charge in [0.05, 0.1) is 18.0 Å². The minimum Gasteiger partial charge on any atom is -0.489 e. The Morgan fingerprint density at radius 1 is 1.25 bits per heavy atom. The lowest BCUT2D eigenvalue weighted by Gasteiger charge is -2.36. The van der Waals surface area contributed by atoms with Crippen molar-refractivity contribution in [1.82, 2.24) is 4.90 Å². The van der Waals surface area contributed by atoms with Crippen molar-refractivity contribution in [3.8, 4) is 5.75 Å². The van der Waals surface area contributed by atoms with Crippen LogP contribution in [0.5, 0.6) is 5.75 Å². The van der Waals surface area contributed by atoms with E-state index in [0.29, 0.717) is 6.54 Å². The first-order valence-electron chi connectivity index (χ1n) is 7.09. The molecule has 1 fully saturated rings. The average Bonchev–Trinajstić information content (AvgIpc) is 2.46. The summed E-state index contributed by atoms with van der Waals surface area (Å²) in [5, 5.41) is 11.5. The van der Waals surface area contributed by atoms with Crippen LogP contribution in [0.1, 0.15) is 13.8 Å². The molecule has 0 spiro atoms. The molecule has 0 aliphatic carbocycles. The summed E-state index contributed by atoms with van der Waals surface area (Å²) in [6.07, 6.45) is 1.71. The standard InChI is InChI=1S/C15H23N3O2/c1-13(2)20-15-6-4-3-5-14(15)18-11-9-17(10-12-18)8-7-16-19/h3-7,13,19H,8-12H2,1-2H3/b16-7+. The SMILES string of the molecule is CC(C)Oc1ccccc1N1CCN(C/C=N/O)CC1. The summed E-state index contributed by atoms with van der Waals surface area (Å²) in [7, 11) is 0. The predicted molar refractivity (Wildman–Crippen MR) is 81.1 cm³/mol. The van der Waals surface area contributed by atoms with Crippen molar-refractivity contribution < 1.29 is 9.94 Å². The monoisotopic (exact) mass is 277 g/mol. The second-order valence-electron chi connectivity index (χ2n) is 5.22. The second-order valence-corrected chi connectivity index (χ2v) is 5.22. The maximum atomic E-state index is 8.46. The van der Waals surface area contributed by atoms with Crippen molar-refractivity contribution >= 4 is 11.9 Å². The molecule has 0 unspecified atom stereocenters. The molecule has 1 aromatic carbocycles. The second kappa shape index (κ2) is 7.14. The summed E-state index contributed by atoms with van der Waals surface area (Å²) in [5.74, 6) is 0.952. The van der Waals surface area contributed by atoms with Crippen LogP contribution in [0.2, 0.25) is 0 Å². The lowest BCUT2D eigenvalue weighted by atomic mass is 10.2. The van der Waals surface area contributed by atoms with Crippen molar-refractivity contribution in [2.75, 3.05) is 37.6 Å². The first-order chi connectivity index (χ1) is 9.70. The molecule has 0 aromatic heterocycles. The third-order valence-corrected chi connectivity index (χ3v) is 3.36. The van der Waals surface area contributed by atoms with Crippen LogP contribution in [-0.2, 0) is 0 Å². The average molecular weight is 277 g/mol. The zero-order valence-electron chi connectivity index (χ0n) is 12.2. The van der Waals surface area contributed by atoms with E-state index in [0.717, 1.165) is 37.6 Å². The molecule has 1 aliphatic rings. The lowest BCUT2D eigenvalue weighted by Crippen LogP contribution is -2.47. The van der Waals surface area contributed by atoms with Gasteiger partial charge in [0, 0.05) is 32.7 Å². The molecule has 110 valence electrons. The third-order valence-electron chi connectivity index (χ3n) is 3.36. The number of oxime groups is 1. The van der Waals surface area contributed by atoms with Gasteiger partial charge in [0.15, 0.2) is 0 Å². The Kier molecular flexibility index (Phi) is 5.24. The van der Waals surface area contributed by atoms with E-state index in [2.05, 4.69) is 21.0 Å². The maximum absolute atomic E-state index is 8.46. The molecule has 5 nitrogen and oxygen atoms in total. The fraction of sp³-hybridized carbons (Fsp3) is 0.533. The van der Waals surface area contributed by atoms with Gasteiger partial charge >= 0.3 is 0 Å². The Bertz CT molecular complexity index is 440. The molecule has 20 heavy (non-hydrogen) atoms. The number of hydrogen-bond donors (Lipinski definition) is 1. The van der Waals surface area contributed by atoms with Gasteiger partial charge in [-0.15, -0.1) is 5.16 Å². The molecule has 0 amide bonds. The number of ether oxygens (including phenoxy) is 1. The highest BCUT2D eigenvalue weighted by Crippen LogP contribution is 2.29. The van der Waals surface area contributed by atoms with Gasteiger partial charge in [-0.3, -0.25) is 4.90 Å². The maximum Gasteiger partial charge on any atom is 0.142 e. The van der Waals surface area contributed by atoms with Gasteiger partial charge in [-0.25, -0.2) is 0 Å². The van der Waals surface area contributed by atoms with E-state index in [1.165, 1.54) is 6.21 Å². The number of nitrogens with zero attached hydrogens (tertiary/aromatic N) is 3. The Morgan fingerprint density at radius 3 is 2.60 bits per heavy atom. The van der Waals surface area contributed by atoms with Gasteiger partial charge in [0.2, 0.25) is 0 Å². The number of para-hydroxylation sites is 2. The molecule has 2 rings (SSSR count). The van der Waals surface area contributed by atoms with Gasteiger partial charge < -0.3 is 14.8 Å². The number of hydrogen-bond acceptors (Lipinski definition) is 5. The minimum atomic E-state index is 0.179. The topological polar surface area (TPSA) is 48.3 Å². The summed E-state index contributed by atoms with van der Waals surface area (Å²) < 4.78 is 5.88. The Balaban J connectivity index is 1.99. The highest BCUT2D eigenvalue weighted by atomic mass is 16.5. The van der Waals surface area contributed by atoms with Gasteiger partial charge in [-0.2, -0.15) is 0 Å². The van der Waals surface area contributed by atoms with Crippen LogP contribution in [0.3, 0.4) is 0 Å². The van der Waals surface area contributed by atoms with Crippen LogP contribution in [0.15, 0.2) is 29.4 Å². The van der Waals surface area contributed by atoms with Crippen LogP contribution < -0.4 is 9.64 Å². The van der Waals surface area contributed by atoms with E-state index in [9.17, 15) is 0 Å². The van der Waals surface area contributed by atoms with Crippen LogP contribution in [0.4, 0.5) is 5.69 Å². The van der Waals surface area contributed by atoms with E-state index in [1.807, 2.05) is 32.0 Å². The molecule has 5 heteroatoms. The van der Waals surface area contributed by atoms with Gasteiger partial charge in [-0.05, 0) is 26.0 Å². The summed E-state index contributed by atoms with van der Waals surface area (Å²) in [5.41, 5.74) is 1.16. The van der Waals surface area contributed by atoms with Crippen LogP contribution in [-0.4, -0.2) is 55.1 Å². The molecule has 0 radical (unpaired) electrons. The first-order valence-corrected chi connectivity index (χ1v) is 7.09. The molecule has 1 aliphatic heterocycles. The zero-order valence-corrected chi connectivity index (χ0v) is 12.2. The van der Waals surface area contributed by atoms with E-state index in [1.54, 1.807) is 0 Å². The fourth-order valence-electron chi connectivity index (χ4n) is 2.40. The summed E-state index contributed by atoms with van der Waals surface area (Å²) in [4.78, 5) is 4.62. The minimum absolute atomic E-state index is 0.179. The van der Waals surface area contributed by atoms with E-state index in [-0.39, 0.29) is 6.10 Å². The molecular formula is C15H23N3O2. The molecule has 0 atom stereocenters. The number of benzene rings is 1. The van der Waals surface area contributed by atoms with Crippen LogP contribution >= 0.6 is 0 Å². The van der Waals surface area contributed by atoms with Gasteiger partial charge in [0.25, 0.3) is 0 Å². The molecule has 1 heterocycles. The molecular weight excluding hydrogens is 254 g/mol. The van der Waals surface area contributed by atoms with Crippen molar-refractivity contribution in [1.29, 1.82) is 0 Å². The number of rotatable bonds is 5. The Hall–Kier alpha value is -1.75. The van der Waals surface area contributed by atoms with Crippen molar-refractivity contribution in [3.05, 3.63) is 24.3 Å². The van der Waals surface area contributed by atoms with Crippen molar-refractivity contribution in [2.45, 2.75) is 20.0 Å². The Morgan fingerprint density at radius 2 is 1.95 bits per heavy atom. The Labute approximate surface area is 120 Å². The molecule has 1 saturated heterocycles. The predicted octanol–water partition coefficient (Wildman–Crippen LogP) is 2.06. The van der Waals surface area contributed by atoms with E-state index < -0.39 is 0 Å². The summed E-state index contributed by atoms with van der Waals surface area (Å²) in [6, 6.07) is 8.20. The van der Waals surface area contributed by atoms with Crippen LogP contribution in [0.25, 0.3) is 0 Å². The van der Waals surface area contributed by atoms with Crippen molar-refractivity contribution in [3.63, 3.8) is 0 Å².